The number of benzene rings is 1. The Balaban J connectivity index is 1.92. The number of piperidine rings is 1. The molecular weight excluding hydrogens is 210 g/mol. The van der Waals surface area contributed by atoms with Crippen molar-refractivity contribution in [2.24, 2.45) is 5.92 Å². The summed E-state index contributed by atoms with van der Waals surface area (Å²) in [6.07, 6.45) is 0.758. The first kappa shape index (κ1) is 12.3. The molecule has 1 aliphatic rings. The van der Waals surface area contributed by atoms with Gasteiger partial charge in [-0.3, -0.25) is 4.90 Å². The van der Waals surface area contributed by atoms with E-state index < -0.39 is 0 Å². The summed E-state index contributed by atoms with van der Waals surface area (Å²) in [4.78, 5) is 2.32. The second kappa shape index (κ2) is 5.48. The zero-order valence-corrected chi connectivity index (χ0v) is 10.5. The zero-order valence-electron chi connectivity index (χ0n) is 10.5. The molecule has 17 heavy (non-hydrogen) atoms. The van der Waals surface area contributed by atoms with Gasteiger partial charge in [-0.2, -0.15) is 0 Å². The predicted molar refractivity (Wildman–Crippen MR) is 70.6 cm³/mol. The van der Waals surface area contributed by atoms with E-state index in [0.29, 0.717) is 0 Å². The van der Waals surface area contributed by atoms with E-state index in [4.69, 9.17) is 0 Å². The standard InChI is InChI=1S/C15H21NO/c1-12(2)14-8-9-16(11-15(14)17)10-13-6-4-3-5-7-13/h3-7,14-15,17H,1,8-11H2,2H3. The van der Waals surface area contributed by atoms with Gasteiger partial charge in [0.1, 0.15) is 0 Å². The quantitative estimate of drug-likeness (QED) is 0.808. The molecule has 2 unspecified atom stereocenters. The minimum atomic E-state index is -0.259. The molecule has 2 rings (SSSR count). The highest BCUT2D eigenvalue weighted by atomic mass is 16.3. The van der Waals surface area contributed by atoms with E-state index in [-0.39, 0.29) is 12.0 Å². The molecule has 1 aliphatic heterocycles. The van der Waals surface area contributed by atoms with Crippen molar-refractivity contribution in [1.29, 1.82) is 0 Å². The van der Waals surface area contributed by atoms with Gasteiger partial charge in [0.2, 0.25) is 0 Å². The molecule has 2 atom stereocenters. The van der Waals surface area contributed by atoms with Crippen LogP contribution in [0.1, 0.15) is 18.9 Å². The summed E-state index contributed by atoms with van der Waals surface area (Å²) in [6.45, 7) is 8.71. The molecule has 2 nitrogen and oxygen atoms in total. The summed E-state index contributed by atoms with van der Waals surface area (Å²) < 4.78 is 0. The van der Waals surface area contributed by atoms with Gasteiger partial charge >= 0.3 is 0 Å². The second-order valence-electron chi connectivity index (χ2n) is 5.03. The number of nitrogens with zero attached hydrogens (tertiary/aromatic N) is 1. The third-order valence-electron chi connectivity index (χ3n) is 3.55. The van der Waals surface area contributed by atoms with Crippen LogP contribution >= 0.6 is 0 Å². The number of aliphatic hydroxyl groups is 1. The van der Waals surface area contributed by atoms with Crippen molar-refractivity contribution in [2.75, 3.05) is 13.1 Å². The first-order chi connectivity index (χ1) is 8.16. The maximum Gasteiger partial charge on any atom is 0.0732 e. The van der Waals surface area contributed by atoms with Crippen molar-refractivity contribution in [3.05, 3.63) is 48.0 Å². The molecule has 0 saturated carbocycles. The zero-order chi connectivity index (χ0) is 12.3. The van der Waals surface area contributed by atoms with Crippen molar-refractivity contribution >= 4 is 0 Å². The van der Waals surface area contributed by atoms with Crippen LogP contribution in [0.5, 0.6) is 0 Å². The summed E-state index contributed by atoms with van der Waals surface area (Å²) in [7, 11) is 0. The van der Waals surface area contributed by atoms with E-state index in [1.165, 1.54) is 5.56 Å². The van der Waals surface area contributed by atoms with Gasteiger partial charge in [0.05, 0.1) is 6.10 Å². The Morgan fingerprint density at radius 2 is 2.12 bits per heavy atom. The Morgan fingerprint density at radius 1 is 1.41 bits per heavy atom. The lowest BCUT2D eigenvalue weighted by Gasteiger charge is -2.36. The number of β-amino-alcohol motifs (C(OH)–C–C–N with tert-alkyl or cyclic N) is 1. The molecule has 1 N–H and O–H groups in total. The third kappa shape index (κ3) is 3.18. The average Bonchev–Trinajstić information content (AvgIpc) is 2.30. The fourth-order valence-electron chi connectivity index (χ4n) is 2.56. The molecule has 1 saturated heterocycles. The molecule has 1 aromatic carbocycles. The molecule has 0 amide bonds. The van der Waals surface area contributed by atoms with Crippen LogP contribution in [0.4, 0.5) is 0 Å². The predicted octanol–water partition coefficient (Wildman–Crippen LogP) is 2.45. The molecular formula is C15H21NO. The Kier molecular flexibility index (Phi) is 3.97. The number of hydrogen-bond acceptors (Lipinski definition) is 2. The lowest BCUT2D eigenvalue weighted by atomic mass is 9.88. The largest absolute Gasteiger partial charge is 0.391 e. The van der Waals surface area contributed by atoms with Crippen LogP contribution in [0.15, 0.2) is 42.5 Å². The van der Waals surface area contributed by atoms with Crippen molar-refractivity contribution in [1.82, 2.24) is 4.90 Å². The molecule has 1 aromatic rings. The molecule has 0 spiro atoms. The second-order valence-corrected chi connectivity index (χ2v) is 5.03. The van der Waals surface area contributed by atoms with E-state index in [0.717, 1.165) is 31.6 Å². The number of hydrogen-bond donors (Lipinski definition) is 1. The smallest absolute Gasteiger partial charge is 0.0732 e. The minimum absolute atomic E-state index is 0.259. The highest BCUT2D eigenvalue weighted by molar-refractivity contribution is 5.14. The summed E-state index contributed by atoms with van der Waals surface area (Å²) in [6, 6.07) is 10.4. The Labute approximate surface area is 104 Å². The van der Waals surface area contributed by atoms with Gasteiger partial charge in [-0.15, -0.1) is 0 Å². The highest BCUT2D eigenvalue weighted by Crippen LogP contribution is 2.24. The summed E-state index contributed by atoms with van der Waals surface area (Å²) >= 11 is 0. The van der Waals surface area contributed by atoms with E-state index in [1.807, 2.05) is 13.0 Å². The highest BCUT2D eigenvalue weighted by Gasteiger charge is 2.27. The molecule has 1 heterocycles. The van der Waals surface area contributed by atoms with Crippen LogP contribution in [0, 0.1) is 5.92 Å². The molecule has 0 radical (unpaired) electrons. The normalized spacial score (nSPS) is 25.8. The van der Waals surface area contributed by atoms with Crippen LogP contribution in [0.2, 0.25) is 0 Å². The Bertz CT molecular complexity index is 374. The van der Waals surface area contributed by atoms with Crippen LogP contribution in [0.25, 0.3) is 0 Å². The average molecular weight is 231 g/mol. The number of aliphatic hydroxyl groups excluding tert-OH is 1. The van der Waals surface area contributed by atoms with Gasteiger partial charge in [-0.25, -0.2) is 0 Å². The maximum absolute atomic E-state index is 10.1. The first-order valence-corrected chi connectivity index (χ1v) is 6.26. The first-order valence-electron chi connectivity index (χ1n) is 6.26. The topological polar surface area (TPSA) is 23.5 Å². The Hall–Kier alpha value is -1.12. The summed E-state index contributed by atoms with van der Waals surface area (Å²) in [5.41, 5.74) is 2.42. The van der Waals surface area contributed by atoms with Crippen molar-refractivity contribution in [3.63, 3.8) is 0 Å². The molecule has 92 valence electrons. The maximum atomic E-state index is 10.1. The van der Waals surface area contributed by atoms with E-state index in [2.05, 4.69) is 35.7 Å². The van der Waals surface area contributed by atoms with Crippen LogP contribution in [0.3, 0.4) is 0 Å². The third-order valence-corrected chi connectivity index (χ3v) is 3.55. The van der Waals surface area contributed by atoms with Gasteiger partial charge in [-0.05, 0) is 25.5 Å². The lowest BCUT2D eigenvalue weighted by Crippen LogP contribution is -2.43. The Morgan fingerprint density at radius 3 is 2.71 bits per heavy atom. The molecule has 0 aliphatic carbocycles. The van der Waals surface area contributed by atoms with Crippen molar-refractivity contribution < 1.29 is 5.11 Å². The molecule has 0 aromatic heterocycles. The van der Waals surface area contributed by atoms with Crippen LogP contribution in [-0.2, 0) is 6.54 Å². The van der Waals surface area contributed by atoms with Crippen molar-refractivity contribution in [2.45, 2.75) is 26.0 Å². The van der Waals surface area contributed by atoms with Crippen LogP contribution < -0.4 is 0 Å². The fourth-order valence-corrected chi connectivity index (χ4v) is 2.56. The molecule has 2 heteroatoms. The summed E-state index contributed by atoms with van der Waals surface area (Å²) in [5.74, 6) is 0.280. The van der Waals surface area contributed by atoms with Gasteiger partial charge in [-0.1, -0.05) is 42.5 Å². The van der Waals surface area contributed by atoms with Crippen LogP contribution in [-0.4, -0.2) is 29.2 Å². The van der Waals surface area contributed by atoms with Gasteiger partial charge in [0.15, 0.2) is 0 Å². The van der Waals surface area contributed by atoms with Gasteiger partial charge in [0.25, 0.3) is 0 Å². The SMILES string of the molecule is C=C(C)C1CCN(Cc2ccccc2)CC1O. The summed E-state index contributed by atoms with van der Waals surface area (Å²) in [5, 5.41) is 10.1. The van der Waals surface area contributed by atoms with E-state index in [9.17, 15) is 5.11 Å². The molecule has 1 fully saturated rings. The van der Waals surface area contributed by atoms with Gasteiger partial charge < -0.3 is 5.11 Å². The molecule has 0 bridgehead atoms. The van der Waals surface area contributed by atoms with E-state index in [1.54, 1.807) is 0 Å². The van der Waals surface area contributed by atoms with E-state index >= 15 is 0 Å². The number of likely N-dealkylation sites (tertiary alicyclic amines) is 1. The monoisotopic (exact) mass is 231 g/mol. The lowest BCUT2D eigenvalue weighted by molar-refractivity contribution is 0.0326. The minimum Gasteiger partial charge on any atom is -0.391 e. The fraction of sp³-hybridized carbons (Fsp3) is 0.467. The van der Waals surface area contributed by atoms with Crippen molar-refractivity contribution in [3.8, 4) is 0 Å². The van der Waals surface area contributed by atoms with Gasteiger partial charge in [0, 0.05) is 19.0 Å². The number of rotatable bonds is 3.